The molecule has 1 unspecified atom stereocenters. The van der Waals surface area contributed by atoms with Crippen LogP contribution >= 0.6 is 0 Å². The first-order valence-corrected chi connectivity index (χ1v) is 14.5. The highest BCUT2D eigenvalue weighted by molar-refractivity contribution is 6.94. The van der Waals surface area contributed by atoms with Crippen LogP contribution in [0.1, 0.15) is 52.8 Å². The Balaban J connectivity index is 1.56. The van der Waals surface area contributed by atoms with Crippen molar-refractivity contribution in [2.24, 2.45) is 0 Å². The number of phenols is 1. The van der Waals surface area contributed by atoms with E-state index in [0.29, 0.717) is 11.4 Å². The molecule has 2 N–H and O–H groups in total. The van der Waals surface area contributed by atoms with Gasteiger partial charge in [-0.1, -0.05) is 42.5 Å². The highest BCUT2D eigenvalue weighted by atomic mass is 19.1. The standard InChI is InChI=1S/C33H29B2F3N2O/c34-35(38)40-29(16-22-12-6-10-20-8-2-4-14-25(20)33(22)40)31(30-26(36)17-23(41)18-27(30)37)28-15-21-11-5-9-19-7-1-3-13-24(19)32(21)39-28/h1-4,7-8,13-18,35,39,41H,5-6,9-12,34H2/b31-29+. The van der Waals surface area contributed by atoms with Gasteiger partial charge < -0.3 is 18.9 Å². The smallest absolute Gasteiger partial charge is 0.371 e. The van der Waals surface area contributed by atoms with Crippen LogP contribution in [-0.2, 0) is 19.3 Å². The Labute approximate surface area is 238 Å². The molecule has 0 saturated heterocycles. The lowest BCUT2D eigenvalue weighted by Gasteiger charge is -2.19. The lowest BCUT2D eigenvalue weighted by Crippen LogP contribution is -2.31. The predicted octanol–water partition coefficient (Wildman–Crippen LogP) is 6.01. The molecule has 3 aromatic carbocycles. The number of aromatic nitrogens is 1. The Kier molecular flexibility index (Phi) is 6.29. The van der Waals surface area contributed by atoms with Gasteiger partial charge in [0.15, 0.2) is 11.4 Å². The number of nitrogens with one attached hydrogen (secondary N) is 1. The van der Waals surface area contributed by atoms with Gasteiger partial charge in [-0.05, 0) is 67.3 Å². The minimum atomic E-state index is -2.44. The van der Waals surface area contributed by atoms with Crippen molar-refractivity contribution < 1.29 is 22.7 Å². The van der Waals surface area contributed by atoms with Crippen molar-refractivity contribution in [2.75, 3.05) is 0 Å². The second kappa shape index (κ2) is 10.0. The number of halogens is 3. The van der Waals surface area contributed by atoms with E-state index in [1.807, 2.05) is 42.5 Å². The molecule has 1 aromatic heterocycles. The van der Waals surface area contributed by atoms with Crippen LogP contribution in [0.25, 0.3) is 16.8 Å². The summed E-state index contributed by atoms with van der Waals surface area (Å²) in [5, 5.41) is 9.97. The maximum absolute atomic E-state index is 15.9. The van der Waals surface area contributed by atoms with Gasteiger partial charge in [0.1, 0.15) is 17.4 Å². The van der Waals surface area contributed by atoms with Gasteiger partial charge in [-0.15, -0.1) is 0 Å². The van der Waals surface area contributed by atoms with Crippen molar-refractivity contribution in [3.63, 3.8) is 0 Å². The van der Waals surface area contributed by atoms with E-state index in [0.717, 1.165) is 89.9 Å². The van der Waals surface area contributed by atoms with Crippen LogP contribution in [0.5, 0.6) is 5.75 Å². The fourth-order valence-corrected chi connectivity index (χ4v) is 6.93. The van der Waals surface area contributed by atoms with Gasteiger partial charge in [0.25, 0.3) is 0 Å². The molecule has 7 rings (SSSR count). The molecule has 3 nitrogen and oxygen atoms in total. The maximum Gasteiger partial charge on any atom is 0.371 e. The summed E-state index contributed by atoms with van der Waals surface area (Å²) in [5.41, 5.74) is 9.08. The third-order valence-electron chi connectivity index (χ3n) is 8.66. The Morgan fingerprint density at radius 1 is 0.829 bits per heavy atom. The zero-order chi connectivity index (χ0) is 28.2. The molecule has 4 aromatic rings. The van der Waals surface area contributed by atoms with Gasteiger partial charge in [-0.25, -0.2) is 8.78 Å². The van der Waals surface area contributed by atoms with E-state index in [-0.39, 0.29) is 11.1 Å². The Morgan fingerprint density at radius 2 is 1.44 bits per heavy atom. The molecule has 2 aliphatic carbocycles. The average Bonchev–Trinajstić information content (AvgIpc) is 3.42. The number of nitrogens with zero attached hydrogens (tertiary/aromatic N) is 1. The largest absolute Gasteiger partial charge is 0.508 e. The molecule has 3 aliphatic rings. The Morgan fingerprint density at radius 3 is 2.15 bits per heavy atom. The van der Waals surface area contributed by atoms with Crippen molar-refractivity contribution in [1.82, 2.24) is 4.98 Å². The Hall–Kier alpha value is -4.19. The zero-order valence-corrected chi connectivity index (χ0v) is 22.9. The summed E-state index contributed by atoms with van der Waals surface area (Å²) in [4.78, 5) is 3.51. The first kappa shape index (κ1) is 25.8. The number of aromatic hydroxyl groups is 1. The number of rotatable bonds is 3. The quantitative estimate of drug-likeness (QED) is 0.303. The minimum Gasteiger partial charge on any atom is -0.508 e. The molecule has 0 bridgehead atoms. The van der Waals surface area contributed by atoms with E-state index in [4.69, 9.17) is 0 Å². The summed E-state index contributed by atoms with van der Waals surface area (Å²) in [6.45, 7) is 0. The van der Waals surface area contributed by atoms with Crippen LogP contribution in [0.15, 0.2) is 84.1 Å². The monoisotopic (exact) mass is 548 g/mol. The lowest BCUT2D eigenvalue weighted by molar-refractivity contribution is -0.322. The van der Waals surface area contributed by atoms with Crippen LogP contribution in [-0.4, -0.2) is 35.0 Å². The third-order valence-corrected chi connectivity index (χ3v) is 8.66. The van der Waals surface area contributed by atoms with Crippen LogP contribution in [0.3, 0.4) is 0 Å². The zero-order valence-electron chi connectivity index (χ0n) is 22.9. The first-order chi connectivity index (χ1) is 19.9. The highest BCUT2D eigenvalue weighted by Gasteiger charge is 2.37. The van der Waals surface area contributed by atoms with Crippen LogP contribution < -0.4 is 0 Å². The first-order valence-electron chi connectivity index (χ1n) is 14.5. The van der Waals surface area contributed by atoms with Gasteiger partial charge in [-0.3, -0.25) is 0 Å². The topological polar surface area (TPSA) is 39.0 Å². The molecule has 1 atom stereocenters. The fourth-order valence-electron chi connectivity index (χ4n) is 6.93. The van der Waals surface area contributed by atoms with Crippen molar-refractivity contribution in [3.8, 4) is 17.0 Å². The van der Waals surface area contributed by atoms with Crippen molar-refractivity contribution >= 4 is 26.0 Å². The van der Waals surface area contributed by atoms with Crippen molar-refractivity contribution in [2.45, 2.75) is 38.5 Å². The number of hydrogen-bond donors (Lipinski definition) is 2. The highest BCUT2D eigenvalue weighted by Crippen LogP contribution is 2.41. The number of H-pyrrole nitrogens is 1. The summed E-state index contributed by atoms with van der Waals surface area (Å²) in [7, 11) is -0.900. The molecule has 0 radical (unpaired) electrons. The van der Waals surface area contributed by atoms with Crippen molar-refractivity contribution in [1.29, 1.82) is 0 Å². The molecule has 8 heteroatoms. The second-order valence-corrected chi connectivity index (χ2v) is 11.3. The van der Waals surface area contributed by atoms with Gasteiger partial charge in [0, 0.05) is 40.6 Å². The number of aryl methyl sites for hydroxylation is 3. The number of phenolic OH excluding ortho intramolecular Hbond substituents is 1. The van der Waals surface area contributed by atoms with E-state index in [9.17, 15) is 5.11 Å². The van der Waals surface area contributed by atoms with E-state index in [1.165, 1.54) is 5.56 Å². The molecule has 204 valence electrons. The third kappa shape index (κ3) is 4.28. The molecule has 0 spiro atoms. The summed E-state index contributed by atoms with van der Waals surface area (Å²) in [6, 6.07) is 20.0. The van der Waals surface area contributed by atoms with E-state index in [2.05, 4.69) is 23.2 Å². The number of benzene rings is 3. The molecular weight excluding hydrogens is 519 g/mol. The van der Waals surface area contributed by atoms with E-state index >= 15 is 13.1 Å². The molecular formula is C33H29B2F3N2O. The maximum atomic E-state index is 15.9. The molecule has 0 saturated carbocycles. The summed E-state index contributed by atoms with van der Waals surface area (Å²) >= 11 is 0. The van der Waals surface area contributed by atoms with Gasteiger partial charge in [-0.2, -0.15) is 0 Å². The molecule has 1 aliphatic heterocycles. The number of aromatic amines is 1. The summed E-state index contributed by atoms with van der Waals surface area (Å²) in [6.07, 6.45) is 7.14. The van der Waals surface area contributed by atoms with Crippen LogP contribution in [0, 0.1) is 11.6 Å². The van der Waals surface area contributed by atoms with E-state index < -0.39 is 24.4 Å². The predicted molar refractivity (Wildman–Crippen MR) is 161 cm³/mol. The number of hydrogen-bond acceptors (Lipinski definition) is 1. The minimum absolute atomic E-state index is 0.258. The SMILES string of the molecule is B[BH-](F)[N+]1=C2C(=C/C1=C(/c1cc3c([nH]1)-c1ccccc1CCC3)c1c(F)cc(O)cc1F)CCCc1ccccc12. The van der Waals surface area contributed by atoms with Gasteiger partial charge >= 0.3 is 7.02 Å². The number of allylic oxidation sites excluding steroid dienone is 2. The fraction of sp³-hybridized carbons (Fsp3) is 0.182. The van der Waals surface area contributed by atoms with E-state index in [1.54, 1.807) is 12.2 Å². The van der Waals surface area contributed by atoms with Crippen molar-refractivity contribution in [3.05, 3.63) is 129 Å². The van der Waals surface area contributed by atoms with Crippen LogP contribution in [0.2, 0.25) is 0 Å². The average molecular weight is 548 g/mol. The summed E-state index contributed by atoms with van der Waals surface area (Å²) in [5.74, 6) is -2.29. The van der Waals surface area contributed by atoms with Crippen LogP contribution in [0.4, 0.5) is 13.1 Å². The lowest BCUT2D eigenvalue weighted by atomic mass is 9.60. The second-order valence-electron chi connectivity index (χ2n) is 11.3. The van der Waals surface area contributed by atoms with Gasteiger partial charge in [0.2, 0.25) is 0 Å². The van der Waals surface area contributed by atoms with Gasteiger partial charge in [0.05, 0.1) is 24.6 Å². The summed E-state index contributed by atoms with van der Waals surface area (Å²) < 4.78 is 49.0. The molecule has 0 fully saturated rings. The normalized spacial score (nSPS) is 18.0. The number of fused-ring (bicyclic) bond motifs is 6. The molecule has 0 amide bonds. The Bertz CT molecular complexity index is 1800. The molecule has 2 heterocycles. The molecule has 41 heavy (non-hydrogen) atoms.